The summed E-state index contributed by atoms with van der Waals surface area (Å²) in [5, 5.41) is 10.5. The van der Waals surface area contributed by atoms with Crippen LogP contribution in [0.5, 0.6) is 5.75 Å². The highest BCUT2D eigenvalue weighted by Gasteiger charge is 2.28. The molecule has 154 valence electrons. The molecule has 3 rings (SSSR count). The fourth-order valence-corrected chi connectivity index (χ4v) is 3.50. The number of imide groups is 1. The lowest BCUT2D eigenvalue weighted by atomic mass is 10.1. The van der Waals surface area contributed by atoms with Gasteiger partial charge in [-0.25, -0.2) is 0 Å². The zero-order valence-corrected chi connectivity index (χ0v) is 17.2. The second kappa shape index (κ2) is 9.76. The first-order chi connectivity index (χ1) is 14.0. The van der Waals surface area contributed by atoms with Crippen LogP contribution in [-0.2, 0) is 22.7 Å². The molecule has 0 bridgehead atoms. The molecular formula is C22H25ClN2O4. The first-order valence-corrected chi connectivity index (χ1v) is 10.1. The Balaban J connectivity index is 1.64. The molecular weight excluding hydrogens is 392 g/mol. The van der Waals surface area contributed by atoms with Crippen LogP contribution in [0.2, 0.25) is 5.02 Å². The van der Waals surface area contributed by atoms with Gasteiger partial charge in [-0.3, -0.25) is 14.5 Å². The molecule has 1 saturated heterocycles. The van der Waals surface area contributed by atoms with Crippen molar-refractivity contribution in [3.05, 3.63) is 58.6 Å². The van der Waals surface area contributed by atoms with Crippen molar-refractivity contribution in [3.8, 4) is 5.75 Å². The average Bonchev–Trinajstić information content (AvgIpc) is 3.05. The summed E-state index contributed by atoms with van der Waals surface area (Å²) in [6.07, 6.45) is 0.550. The highest BCUT2D eigenvalue weighted by Crippen LogP contribution is 2.24. The third kappa shape index (κ3) is 5.28. The largest absolute Gasteiger partial charge is 0.491 e. The molecule has 0 radical (unpaired) electrons. The van der Waals surface area contributed by atoms with Gasteiger partial charge in [-0.15, -0.1) is 0 Å². The molecule has 1 heterocycles. The number of benzene rings is 2. The molecule has 1 fully saturated rings. The maximum atomic E-state index is 11.7. The van der Waals surface area contributed by atoms with E-state index in [1.807, 2.05) is 42.5 Å². The number of carbonyl (C=O) groups excluding carboxylic acids is 2. The van der Waals surface area contributed by atoms with Gasteiger partial charge in [0.1, 0.15) is 12.4 Å². The Morgan fingerprint density at radius 2 is 1.79 bits per heavy atom. The molecule has 0 saturated carbocycles. The number of hydrogen-bond donors (Lipinski definition) is 1. The van der Waals surface area contributed by atoms with Gasteiger partial charge in [0.2, 0.25) is 11.8 Å². The van der Waals surface area contributed by atoms with Crippen molar-refractivity contribution in [2.75, 3.05) is 24.6 Å². The smallest absolute Gasteiger partial charge is 0.229 e. The lowest BCUT2D eigenvalue weighted by molar-refractivity contribution is -0.138. The van der Waals surface area contributed by atoms with E-state index in [0.29, 0.717) is 22.9 Å². The van der Waals surface area contributed by atoms with Crippen molar-refractivity contribution in [3.63, 3.8) is 0 Å². The Morgan fingerprint density at radius 3 is 2.41 bits per heavy atom. The van der Waals surface area contributed by atoms with Gasteiger partial charge >= 0.3 is 0 Å². The van der Waals surface area contributed by atoms with E-state index in [9.17, 15) is 14.7 Å². The number of aliphatic hydroxyl groups excluding tert-OH is 1. The van der Waals surface area contributed by atoms with Crippen LogP contribution in [-0.4, -0.2) is 41.5 Å². The van der Waals surface area contributed by atoms with Crippen LogP contribution < -0.4 is 9.64 Å². The molecule has 1 aliphatic rings. The lowest BCUT2D eigenvalue weighted by Gasteiger charge is -2.24. The van der Waals surface area contributed by atoms with Gasteiger partial charge in [-0.05, 0) is 48.9 Å². The van der Waals surface area contributed by atoms with E-state index in [-0.39, 0.29) is 44.4 Å². The second-order valence-corrected chi connectivity index (χ2v) is 7.31. The molecule has 2 aromatic carbocycles. The molecule has 1 aliphatic heterocycles. The van der Waals surface area contributed by atoms with Gasteiger partial charge < -0.3 is 14.7 Å². The van der Waals surface area contributed by atoms with Crippen molar-refractivity contribution in [1.82, 2.24) is 4.90 Å². The highest BCUT2D eigenvalue weighted by atomic mass is 35.5. The van der Waals surface area contributed by atoms with E-state index < -0.39 is 0 Å². The van der Waals surface area contributed by atoms with Crippen LogP contribution in [0.15, 0.2) is 42.5 Å². The Bertz CT molecular complexity index is 854. The number of hydrogen-bond acceptors (Lipinski definition) is 5. The maximum Gasteiger partial charge on any atom is 0.229 e. The summed E-state index contributed by atoms with van der Waals surface area (Å²) >= 11 is 5.98. The van der Waals surface area contributed by atoms with E-state index in [1.165, 1.54) is 4.90 Å². The number of amides is 2. The summed E-state index contributed by atoms with van der Waals surface area (Å²) < 4.78 is 5.74. The van der Waals surface area contributed by atoms with Crippen LogP contribution in [0.1, 0.15) is 30.9 Å². The van der Waals surface area contributed by atoms with Crippen molar-refractivity contribution in [2.45, 2.75) is 32.9 Å². The fourth-order valence-electron chi connectivity index (χ4n) is 3.37. The number of aliphatic hydroxyl groups is 1. The number of likely N-dealkylation sites (tertiary alicyclic amines) is 1. The Kier molecular flexibility index (Phi) is 7.12. The number of nitrogens with zero attached hydrogens (tertiary/aromatic N) is 2. The molecule has 0 spiro atoms. The first-order valence-electron chi connectivity index (χ1n) is 9.71. The van der Waals surface area contributed by atoms with Crippen molar-refractivity contribution in [2.24, 2.45) is 0 Å². The second-order valence-electron chi connectivity index (χ2n) is 6.88. The Labute approximate surface area is 175 Å². The Hall–Kier alpha value is -2.57. The number of rotatable bonds is 9. The van der Waals surface area contributed by atoms with Crippen LogP contribution in [0.3, 0.4) is 0 Å². The van der Waals surface area contributed by atoms with Gasteiger partial charge in [0.15, 0.2) is 0 Å². The molecule has 0 aliphatic carbocycles. The molecule has 0 atom stereocenters. The van der Waals surface area contributed by atoms with E-state index in [4.69, 9.17) is 16.3 Å². The van der Waals surface area contributed by atoms with Gasteiger partial charge in [0, 0.05) is 42.2 Å². The molecule has 2 amide bonds. The van der Waals surface area contributed by atoms with Crippen LogP contribution in [0.4, 0.5) is 5.69 Å². The van der Waals surface area contributed by atoms with E-state index in [2.05, 4.69) is 11.8 Å². The molecule has 2 aromatic rings. The van der Waals surface area contributed by atoms with Gasteiger partial charge in [0.25, 0.3) is 0 Å². The third-order valence-corrected chi connectivity index (χ3v) is 5.22. The minimum Gasteiger partial charge on any atom is -0.491 e. The van der Waals surface area contributed by atoms with Crippen LogP contribution >= 0.6 is 11.6 Å². The summed E-state index contributed by atoms with van der Waals surface area (Å²) in [5.41, 5.74) is 2.79. The predicted octanol–water partition coefficient (Wildman–Crippen LogP) is 3.39. The Morgan fingerprint density at radius 1 is 1.10 bits per heavy atom. The summed E-state index contributed by atoms with van der Waals surface area (Å²) in [7, 11) is 0. The third-order valence-electron chi connectivity index (χ3n) is 4.97. The summed E-state index contributed by atoms with van der Waals surface area (Å²) in [4.78, 5) is 26.8. The highest BCUT2D eigenvalue weighted by molar-refractivity contribution is 6.30. The zero-order valence-electron chi connectivity index (χ0n) is 16.4. The maximum absolute atomic E-state index is 11.7. The monoisotopic (exact) mass is 416 g/mol. The lowest BCUT2D eigenvalue weighted by Crippen LogP contribution is -2.33. The van der Waals surface area contributed by atoms with Gasteiger partial charge in [0.05, 0.1) is 13.2 Å². The van der Waals surface area contributed by atoms with Crippen LogP contribution in [0.25, 0.3) is 0 Å². The first kappa shape index (κ1) is 21.1. The van der Waals surface area contributed by atoms with Crippen molar-refractivity contribution < 1.29 is 19.4 Å². The van der Waals surface area contributed by atoms with E-state index in [0.717, 1.165) is 17.8 Å². The molecule has 1 N–H and O–H groups in total. The SMILES string of the molecule is CCN(Cc1ccc(OCCN2C(=O)CCC2=O)c(CO)c1)c1ccc(Cl)cc1. The fraction of sp³-hybridized carbons (Fsp3) is 0.364. The predicted molar refractivity (Wildman–Crippen MR) is 112 cm³/mol. The normalized spacial score (nSPS) is 13.8. The minimum absolute atomic E-state index is 0.154. The molecule has 0 unspecified atom stereocenters. The topological polar surface area (TPSA) is 70.1 Å². The molecule has 29 heavy (non-hydrogen) atoms. The van der Waals surface area contributed by atoms with Crippen LogP contribution in [0, 0.1) is 0 Å². The summed E-state index contributed by atoms with van der Waals surface area (Å²) in [5.74, 6) is 0.251. The standard InChI is InChI=1S/C22H25ClN2O4/c1-2-24(19-6-4-18(23)5-7-19)14-16-3-8-20(17(13-16)15-26)29-12-11-25-21(27)9-10-22(25)28/h3-8,13,26H,2,9-12,14-15H2,1H3. The quantitative estimate of drug-likeness (QED) is 0.634. The molecule has 7 heteroatoms. The van der Waals surface area contributed by atoms with E-state index in [1.54, 1.807) is 0 Å². The molecule has 6 nitrogen and oxygen atoms in total. The van der Waals surface area contributed by atoms with Crippen molar-refractivity contribution in [1.29, 1.82) is 0 Å². The summed E-state index contributed by atoms with van der Waals surface area (Å²) in [6, 6.07) is 13.4. The van der Waals surface area contributed by atoms with Crippen molar-refractivity contribution >= 4 is 29.1 Å². The van der Waals surface area contributed by atoms with Gasteiger partial charge in [-0.2, -0.15) is 0 Å². The van der Waals surface area contributed by atoms with Gasteiger partial charge in [-0.1, -0.05) is 17.7 Å². The van der Waals surface area contributed by atoms with E-state index >= 15 is 0 Å². The molecule has 0 aromatic heterocycles. The zero-order chi connectivity index (χ0) is 20.8. The minimum atomic E-state index is -0.155. The number of ether oxygens (including phenoxy) is 1. The number of carbonyl (C=O) groups is 2. The average molecular weight is 417 g/mol. The number of halogens is 1. The summed E-state index contributed by atoms with van der Waals surface area (Å²) in [6.45, 7) is 3.87. The number of anilines is 1.